The zero-order valence-electron chi connectivity index (χ0n) is 13.2. The Morgan fingerprint density at radius 3 is 1.68 bits per heavy atom. The summed E-state index contributed by atoms with van der Waals surface area (Å²) >= 11 is 0. The molecule has 0 heterocycles. The fourth-order valence-corrected chi connectivity index (χ4v) is 4.03. The maximum absolute atomic E-state index is 11.6. The highest BCUT2D eigenvalue weighted by Gasteiger charge is 2.33. The summed E-state index contributed by atoms with van der Waals surface area (Å²) in [6.07, 6.45) is 10.5. The summed E-state index contributed by atoms with van der Waals surface area (Å²) in [4.78, 5) is 0. The van der Waals surface area contributed by atoms with Gasteiger partial charge in [0.15, 0.2) is 0 Å². The van der Waals surface area contributed by atoms with E-state index in [0.717, 1.165) is 12.8 Å². The minimum atomic E-state index is -3.43. The smallest absolute Gasteiger partial charge is 0.212 e. The standard InChI is InChI=1S/C15H33NO2S/c1-5-6-7-8-9-10-11-12-13-14(15(2,3)4)19(16,17)18/h14H,5-13H2,1-4H3,(H2,16,17,18). The van der Waals surface area contributed by atoms with Gasteiger partial charge in [0, 0.05) is 0 Å². The fourth-order valence-electron chi connectivity index (χ4n) is 2.55. The van der Waals surface area contributed by atoms with Crippen LogP contribution in [0.4, 0.5) is 0 Å². The molecular weight excluding hydrogens is 258 g/mol. The largest absolute Gasteiger partial charge is 0.228 e. The van der Waals surface area contributed by atoms with Gasteiger partial charge in [-0.2, -0.15) is 0 Å². The van der Waals surface area contributed by atoms with Gasteiger partial charge in [-0.25, -0.2) is 13.6 Å². The van der Waals surface area contributed by atoms with Crippen molar-refractivity contribution in [3.05, 3.63) is 0 Å². The molecule has 0 radical (unpaired) electrons. The summed E-state index contributed by atoms with van der Waals surface area (Å²) in [5.74, 6) is 0. The minimum Gasteiger partial charge on any atom is -0.228 e. The van der Waals surface area contributed by atoms with Crippen LogP contribution in [0.1, 0.15) is 85.5 Å². The number of sulfonamides is 1. The Balaban J connectivity index is 3.85. The Kier molecular flexibility index (Phi) is 8.92. The van der Waals surface area contributed by atoms with E-state index in [1.165, 1.54) is 38.5 Å². The highest BCUT2D eigenvalue weighted by Crippen LogP contribution is 2.28. The van der Waals surface area contributed by atoms with Crippen LogP contribution in [0, 0.1) is 5.41 Å². The van der Waals surface area contributed by atoms with Crippen molar-refractivity contribution in [3.63, 3.8) is 0 Å². The molecule has 2 N–H and O–H groups in total. The molecule has 0 aromatic carbocycles. The van der Waals surface area contributed by atoms with E-state index in [1.807, 2.05) is 20.8 Å². The van der Waals surface area contributed by atoms with Gasteiger partial charge in [0.1, 0.15) is 0 Å². The van der Waals surface area contributed by atoms with Crippen LogP contribution in [0.25, 0.3) is 0 Å². The van der Waals surface area contributed by atoms with Gasteiger partial charge in [0.25, 0.3) is 0 Å². The van der Waals surface area contributed by atoms with Crippen molar-refractivity contribution in [1.82, 2.24) is 0 Å². The molecule has 0 aromatic rings. The molecule has 0 amide bonds. The minimum absolute atomic E-state index is 0.269. The van der Waals surface area contributed by atoms with E-state index in [1.54, 1.807) is 0 Å². The lowest BCUT2D eigenvalue weighted by Gasteiger charge is -2.28. The second-order valence-electron chi connectivity index (χ2n) is 6.71. The van der Waals surface area contributed by atoms with Gasteiger partial charge in [-0.1, -0.05) is 79.1 Å². The van der Waals surface area contributed by atoms with E-state index in [9.17, 15) is 8.42 Å². The van der Waals surface area contributed by atoms with Crippen molar-refractivity contribution >= 4 is 10.0 Å². The Morgan fingerprint density at radius 2 is 1.32 bits per heavy atom. The number of unbranched alkanes of at least 4 members (excludes halogenated alkanes) is 7. The van der Waals surface area contributed by atoms with Crippen molar-refractivity contribution in [2.24, 2.45) is 10.6 Å². The molecule has 0 aromatic heterocycles. The Bertz CT molecular complexity index is 318. The summed E-state index contributed by atoms with van der Waals surface area (Å²) in [5.41, 5.74) is -0.269. The van der Waals surface area contributed by atoms with Crippen LogP contribution in [0.3, 0.4) is 0 Å². The van der Waals surface area contributed by atoms with E-state index < -0.39 is 15.3 Å². The molecule has 0 rings (SSSR count). The average Bonchev–Trinajstić information content (AvgIpc) is 2.23. The molecule has 1 atom stereocenters. The maximum atomic E-state index is 11.6. The molecule has 4 heteroatoms. The zero-order valence-corrected chi connectivity index (χ0v) is 14.1. The van der Waals surface area contributed by atoms with Gasteiger partial charge in [-0.05, 0) is 11.8 Å². The van der Waals surface area contributed by atoms with Crippen LogP contribution >= 0.6 is 0 Å². The first kappa shape index (κ1) is 18.9. The predicted molar refractivity (Wildman–Crippen MR) is 83.6 cm³/mol. The number of hydrogen-bond acceptors (Lipinski definition) is 2. The molecule has 0 aliphatic carbocycles. The molecule has 0 fully saturated rings. The molecule has 0 saturated heterocycles. The summed E-state index contributed by atoms with van der Waals surface area (Å²) in [5, 5.41) is 4.92. The van der Waals surface area contributed by atoms with Crippen LogP contribution in [0.5, 0.6) is 0 Å². The normalized spacial score (nSPS) is 14.6. The van der Waals surface area contributed by atoms with Crippen LogP contribution in [0.15, 0.2) is 0 Å². The van der Waals surface area contributed by atoms with Crippen molar-refractivity contribution in [2.75, 3.05) is 0 Å². The van der Waals surface area contributed by atoms with E-state index >= 15 is 0 Å². The zero-order chi connectivity index (χ0) is 14.9. The molecule has 19 heavy (non-hydrogen) atoms. The van der Waals surface area contributed by atoms with Gasteiger partial charge in [-0.3, -0.25) is 0 Å². The quantitative estimate of drug-likeness (QED) is 0.613. The third-order valence-corrected chi connectivity index (χ3v) is 5.42. The van der Waals surface area contributed by atoms with Gasteiger partial charge in [0.05, 0.1) is 5.25 Å². The lowest BCUT2D eigenvalue weighted by Crippen LogP contribution is -2.38. The molecule has 0 aliphatic rings. The third-order valence-electron chi connectivity index (χ3n) is 3.68. The second kappa shape index (κ2) is 8.96. The van der Waals surface area contributed by atoms with Crippen LogP contribution < -0.4 is 5.14 Å². The molecule has 3 nitrogen and oxygen atoms in total. The molecule has 0 spiro atoms. The monoisotopic (exact) mass is 291 g/mol. The number of nitrogens with two attached hydrogens (primary N) is 1. The molecule has 0 saturated carbocycles. The Hall–Kier alpha value is -0.0900. The lowest BCUT2D eigenvalue weighted by atomic mass is 9.88. The summed E-state index contributed by atoms with van der Waals surface area (Å²) in [6, 6.07) is 0. The number of primary sulfonamides is 1. The van der Waals surface area contributed by atoms with E-state index in [4.69, 9.17) is 5.14 Å². The van der Waals surface area contributed by atoms with Crippen LogP contribution in [-0.2, 0) is 10.0 Å². The second-order valence-corrected chi connectivity index (χ2v) is 8.45. The highest BCUT2D eigenvalue weighted by molar-refractivity contribution is 7.89. The summed E-state index contributed by atoms with van der Waals surface area (Å²) < 4.78 is 23.2. The van der Waals surface area contributed by atoms with Crippen molar-refractivity contribution in [1.29, 1.82) is 0 Å². The van der Waals surface area contributed by atoms with Crippen molar-refractivity contribution < 1.29 is 8.42 Å². The average molecular weight is 292 g/mol. The van der Waals surface area contributed by atoms with Gasteiger partial charge in [0.2, 0.25) is 10.0 Å². The summed E-state index contributed by atoms with van der Waals surface area (Å²) in [7, 11) is -3.43. The van der Waals surface area contributed by atoms with Crippen LogP contribution in [-0.4, -0.2) is 13.7 Å². The molecular formula is C15H33NO2S. The maximum Gasteiger partial charge on any atom is 0.212 e. The number of rotatable bonds is 10. The van der Waals surface area contributed by atoms with Crippen LogP contribution in [0.2, 0.25) is 0 Å². The van der Waals surface area contributed by atoms with Gasteiger partial charge >= 0.3 is 0 Å². The highest BCUT2D eigenvalue weighted by atomic mass is 32.2. The molecule has 116 valence electrons. The topological polar surface area (TPSA) is 60.2 Å². The first-order valence-corrected chi connectivity index (χ1v) is 9.32. The Morgan fingerprint density at radius 1 is 0.895 bits per heavy atom. The molecule has 0 bridgehead atoms. The van der Waals surface area contributed by atoms with Gasteiger partial charge < -0.3 is 0 Å². The van der Waals surface area contributed by atoms with E-state index in [0.29, 0.717) is 6.42 Å². The number of hydrogen-bond donors (Lipinski definition) is 1. The first-order valence-electron chi connectivity index (χ1n) is 7.71. The Labute approximate surface area is 120 Å². The molecule has 0 aliphatic heterocycles. The first-order chi connectivity index (χ1) is 8.69. The third kappa shape index (κ3) is 9.44. The van der Waals surface area contributed by atoms with Crippen molar-refractivity contribution in [2.45, 2.75) is 90.7 Å². The fraction of sp³-hybridized carbons (Fsp3) is 1.00. The van der Waals surface area contributed by atoms with Gasteiger partial charge in [-0.15, -0.1) is 0 Å². The lowest BCUT2D eigenvalue weighted by molar-refractivity contribution is 0.354. The molecule has 1 unspecified atom stereocenters. The SMILES string of the molecule is CCCCCCCCCCC(C(C)(C)C)S(N)(=O)=O. The van der Waals surface area contributed by atoms with E-state index in [2.05, 4.69) is 6.92 Å². The summed E-state index contributed by atoms with van der Waals surface area (Å²) in [6.45, 7) is 8.08. The predicted octanol–water partition coefficient (Wildman–Crippen LogP) is 4.22. The van der Waals surface area contributed by atoms with E-state index in [-0.39, 0.29) is 5.41 Å². The van der Waals surface area contributed by atoms with Crippen molar-refractivity contribution in [3.8, 4) is 0 Å².